The Balaban J connectivity index is 2.45. The van der Waals surface area contributed by atoms with E-state index in [0.29, 0.717) is 5.16 Å². The molecule has 0 aromatic carbocycles. The summed E-state index contributed by atoms with van der Waals surface area (Å²) in [6.45, 7) is 3.83. The Hall–Kier alpha value is -1.48. The lowest BCUT2D eigenvalue weighted by molar-refractivity contribution is -0.120. The lowest BCUT2D eigenvalue weighted by Gasteiger charge is -2.07. The maximum atomic E-state index is 11.4. The number of terminal acetylenes is 1. The zero-order valence-electron chi connectivity index (χ0n) is 8.57. The molecule has 0 aliphatic rings. The van der Waals surface area contributed by atoms with E-state index >= 15 is 0 Å². The third-order valence-electron chi connectivity index (χ3n) is 1.59. The van der Waals surface area contributed by atoms with E-state index in [1.165, 1.54) is 11.8 Å². The van der Waals surface area contributed by atoms with E-state index < -0.39 is 0 Å². The number of hydrogen-bond donors (Lipinski definition) is 2. The second kappa shape index (κ2) is 5.41. The van der Waals surface area contributed by atoms with Crippen molar-refractivity contribution in [2.45, 2.75) is 24.3 Å². The fourth-order valence-corrected chi connectivity index (χ4v) is 1.66. The third-order valence-corrected chi connectivity index (χ3v) is 2.55. The highest BCUT2D eigenvalue weighted by atomic mass is 32.2. The second-order valence-corrected chi connectivity index (χ2v) is 4.19. The topological polar surface area (TPSA) is 70.7 Å². The van der Waals surface area contributed by atoms with Crippen LogP contribution < -0.4 is 5.32 Å². The first-order valence-electron chi connectivity index (χ1n) is 4.40. The summed E-state index contributed by atoms with van der Waals surface area (Å²) in [6.07, 6.45) is 5.03. The molecule has 80 valence electrons. The largest absolute Gasteiger partial charge is 0.344 e. The van der Waals surface area contributed by atoms with Gasteiger partial charge in [-0.1, -0.05) is 17.7 Å². The predicted octanol–water partition coefficient (Wildman–Crippen LogP) is 0.343. The zero-order chi connectivity index (χ0) is 11.3. The second-order valence-electron chi connectivity index (χ2n) is 2.89. The Morgan fingerprint density at radius 3 is 3.07 bits per heavy atom. The number of carbonyl (C=O) groups excluding carboxylic acids is 1. The molecule has 0 saturated heterocycles. The summed E-state index contributed by atoms with van der Waals surface area (Å²) in [5, 5.41) is 9.54. The fraction of sp³-hybridized carbons (Fsp3) is 0.444. The van der Waals surface area contributed by atoms with E-state index in [4.69, 9.17) is 6.42 Å². The molecule has 6 heteroatoms. The molecule has 0 bridgehead atoms. The Bertz CT molecular complexity index is 382. The molecule has 0 spiro atoms. The monoisotopic (exact) mass is 224 g/mol. The Morgan fingerprint density at radius 1 is 1.80 bits per heavy atom. The van der Waals surface area contributed by atoms with Crippen molar-refractivity contribution in [2.75, 3.05) is 6.54 Å². The molecule has 15 heavy (non-hydrogen) atoms. The summed E-state index contributed by atoms with van der Waals surface area (Å²) in [5.74, 6) is 2.96. The van der Waals surface area contributed by atoms with Gasteiger partial charge >= 0.3 is 0 Å². The molecular weight excluding hydrogens is 212 g/mol. The number of aromatic amines is 1. The van der Waals surface area contributed by atoms with Gasteiger partial charge in [0.2, 0.25) is 11.1 Å². The van der Waals surface area contributed by atoms with Gasteiger partial charge in [0, 0.05) is 0 Å². The summed E-state index contributed by atoms with van der Waals surface area (Å²) in [6, 6.07) is 0. The van der Waals surface area contributed by atoms with Crippen LogP contribution in [0, 0.1) is 19.3 Å². The zero-order valence-corrected chi connectivity index (χ0v) is 9.39. The first-order chi connectivity index (χ1) is 7.13. The number of nitrogens with zero attached hydrogens (tertiary/aromatic N) is 2. The van der Waals surface area contributed by atoms with Crippen molar-refractivity contribution in [3.63, 3.8) is 0 Å². The van der Waals surface area contributed by atoms with E-state index in [0.717, 1.165) is 5.82 Å². The number of rotatable bonds is 4. The van der Waals surface area contributed by atoms with Crippen LogP contribution in [0.5, 0.6) is 0 Å². The third kappa shape index (κ3) is 3.64. The van der Waals surface area contributed by atoms with Crippen LogP contribution in [-0.2, 0) is 4.79 Å². The molecule has 1 aromatic rings. The maximum absolute atomic E-state index is 11.4. The van der Waals surface area contributed by atoms with Crippen molar-refractivity contribution in [1.82, 2.24) is 20.5 Å². The fourth-order valence-electron chi connectivity index (χ4n) is 0.868. The van der Waals surface area contributed by atoms with Gasteiger partial charge in [-0.25, -0.2) is 4.98 Å². The van der Waals surface area contributed by atoms with Crippen LogP contribution in [0.25, 0.3) is 0 Å². The number of amides is 1. The van der Waals surface area contributed by atoms with Crippen molar-refractivity contribution < 1.29 is 4.79 Å². The highest BCUT2D eigenvalue weighted by Crippen LogP contribution is 2.18. The molecule has 2 N–H and O–H groups in total. The van der Waals surface area contributed by atoms with Gasteiger partial charge in [0.25, 0.3) is 0 Å². The number of aryl methyl sites for hydroxylation is 1. The normalized spacial score (nSPS) is 11.8. The van der Waals surface area contributed by atoms with Gasteiger partial charge in [0.1, 0.15) is 5.82 Å². The van der Waals surface area contributed by atoms with Gasteiger partial charge in [0.15, 0.2) is 0 Å². The minimum atomic E-state index is -0.256. The van der Waals surface area contributed by atoms with Crippen molar-refractivity contribution >= 4 is 17.7 Å². The SMILES string of the molecule is C#CCNC(=O)[C@@H](C)Sc1n[nH]c(C)n1. The van der Waals surface area contributed by atoms with Gasteiger partial charge < -0.3 is 5.32 Å². The summed E-state index contributed by atoms with van der Waals surface area (Å²) < 4.78 is 0. The maximum Gasteiger partial charge on any atom is 0.234 e. The molecule has 1 atom stereocenters. The van der Waals surface area contributed by atoms with Gasteiger partial charge in [0.05, 0.1) is 11.8 Å². The van der Waals surface area contributed by atoms with Crippen molar-refractivity contribution in [3.8, 4) is 12.3 Å². The smallest absolute Gasteiger partial charge is 0.234 e. The van der Waals surface area contributed by atoms with Crippen molar-refractivity contribution in [3.05, 3.63) is 5.82 Å². The van der Waals surface area contributed by atoms with E-state index in [-0.39, 0.29) is 17.7 Å². The molecule has 1 aromatic heterocycles. The van der Waals surface area contributed by atoms with E-state index in [1.807, 2.05) is 0 Å². The summed E-state index contributed by atoms with van der Waals surface area (Å²) in [5.41, 5.74) is 0. The van der Waals surface area contributed by atoms with Crippen LogP contribution >= 0.6 is 11.8 Å². The molecule has 0 saturated carbocycles. The van der Waals surface area contributed by atoms with Crippen LogP contribution in [0.2, 0.25) is 0 Å². The van der Waals surface area contributed by atoms with E-state index in [9.17, 15) is 4.79 Å². The van der Waals surface area contributed by atoms with Crippen LogP contribution in [0.1, 0.15) is 12.7 Å². The predicted molar refractivity (Wildman–Crippen MR) is 58.3 cm³/mol. The van der Waals surface area contributed by atoms with Gasteiger partial charge in [-0.2, -0.15) is 0 Å². The molecular formula is C9H12N4OS. The average Bonchev–Trinajstić information content (AvgIpc) is 2.60. The molecule has 0 aliphatic carbocycles. The lowest BCUT2D eigenvalue weighted by atomic mass is 10.4. The van der Waals surface area contributed by atoms with Crippen molar-refractivity contribution in [2.24, 2.45) is 0 Å². The van der Waals surface area contributed by atoms with Crippen molar-refractivity contribution in [1.29, 1.82) is 0 Å². The molecule has 1 heterocycles. The molecule has 0 radical (unpaired) electrons. The average molecular weight is 224 g/mol. The summed E-state index contributed by atoms with van der Waals surface area (Å²) >= 11 is 1.29. The van der Waals surface area contributed by atoms with E-state index in [2.05, 4.69) is 26.4 Å². The Kier molecular flexibility index (Phi) is 4.18. The van der Waals surface area contributed by atoms with Crippen LogP contribution in [0.15, 0.2) is 5.16 Å². The van der Waals surface area contributed by atoms with Gasteiger partial charge in [-0.05, 0) is 13.8 Å². The molecule has 1 amide bonds. The number of H-pyrrole nitrogens is 1. The standard InChI is InChI=1S/C9H12N4OS/c1-4-5-10-8(14)6(2)15-9-11-7(3)12-13-9/h1,6H,5H2,2-3H3,(H,10,14)(H,11,12,13)/t6-/m1/s1. The van der Waals surface area contributed by atoms with E-state index in [1.54, 1.807) is 13.8 Å². The number of hydrogen-bond acceptors (Lipinski definition) is 4. The molecule has 5 nitrogen and oxygen atoms in total. The molecule has 1 rings (SSSR count). The minimum Gasteiger partial charge on any atom is -0.344 e. The Labute approximate surface area is 92.4 Å². The number of carbonyl (C=O) groups is 1. The summed E-state index contributed by atoms with van der Waals surface area (Å²) in [4.78, 5) is 15.5. The van der Waals surface area contributed by atoms with Crippen LogP contribution in [0.3, 0.4) is 0 Å². The molecule has 0 aliphatic heterocycles. The van der Waals surface area contributed by atoms with Gasteiger partial charge in [-0.3, -0.25) is 9.89 Å². The van der Waals surface area contributed by atoms with Crippen LogP contribution in [-0.4, -0.2) is 32.9 Å². The Morgan fingerprint density at radius 2 is 2.53 bits per heavy atom. The minimum absolute atomic E-state index is 0.111. The highest BCUT2D eigenvalue weighted by Gasteiger charge is 2.15. The van der Waals surface area contributed by atoms with Gasteiger partial charge in [-0.15, -0.1) is 11.5 Å². The number of nitrogens with one attached hydrogen (secondary N) is 2. The lowest BCUT2D eigenvalue weighted by Crippen LogP contribution is -2.31. The number of aromatic nitrogens is 3. The molecule has 0 unspecified atom stereocenters. The highest BCUT2D eigenvalue weighted by molar-refractivity contribution is 8.00. The quantitative estimate of drug-likeness (QED) is 0.571. The first-order valence-corrected chi connectivity index (χ1v) is 5.28. The van der Waals surface area contributed by atoms with Crippen LogP contribution in [0.4, 0.5) is 0 Å². The summed E-state index contributed by atoms with van der Waals surface area (Å²) in [7, 11) is 0. The molecule has 0 fully saturated rings. The first kappa shape index (κ1) is 11.6. The number of thioether (sulfide) groups is 1.